The minimum absolute atomic E-state index is 0. The molecule has 1 fully saturated rings. The summed E-state index contributed by atoms with van der Waals surface area (Å²) >= 11 is 1.74. The first-order chi connectivity index (χ1) is 11.0. The molecule has 1 amide bonds. The molecule has 0 spiro atoms. The second-order valence-electron chi connectivity index (χ2n) is 6.90. The fraction of sp³-hybridized carbons (Fsp3) is 0.529. The molecule has 1 aliphatic heterocycles. The topological polar surface area (TPSA) is 59.0 Å². The molecule has 2 aromatic heterocycles. The maximum Gasteiger partial charge on any atom is 0.225 e. The lowest BCUT2D eigenvalue weighted by Gasteiger charge is -2.25. The highest BCUT2D eigenvalue weighted by molar-refractivity contribution is 7.10. The van der Waals surface area contributed by atoms with E-state index in [1.165, 1.54) is 4.88 Å². The summed E-state index contributed by atoms with van der Waals surface area (Å²) in [5.41, 5.74) is 1.09. The highest BCUT2D eigenvalue weighted by Crippen LogP contribution is 2.29. The van der Waals surface area contributed by atoms with E-state index in [9.17, 15) is 4.79 Å². The van der Waals surface area contributed by atoms with Crippen LogP contribution in [-0.4, -0.2) is 35.3 Å². The number of rotatable bonds is 5. The van der Waals surface area contributed by atoms with Gasteiger partial charge in [0.2, 0.25) is 5.91 Å². The van der Waals surface area contributed by atoms with Crippen molar-refractivity contribution in [2.24, 2.45) is 13.0 Å². The second-order valence-corrected chi connectivity index (χ2v) is 7.85. The highest BCUT2D eigenvalue weighted by atomic mass is 35.5. The Morgan fingerprint density at radius 3 is 2.92 bits per heavy atom. The number of halogens is 1. The Labute approximate surface area is 153 Å². The van der Waals surface area contributed by atoms with Crippen LogP contribution in [0.25, 0.3) is 0 Å². The Morgan fingerprint density at radius 2 is 2.29 bits per heavy atom. The van der Waals surface area contributed by atoms with E-state index in [4.69, 9.17) is 0 Å². The first-order valence-electron chi connectivity index (χ1n) is 7.98. The van der Waals surface area contributed by atoms with Gasteiger partial charge in [0.1, 0.15) is 0 Å². The summed E-state index contributed by atoms with van der Waals surface area (Å²) in [4.78, 5) is 14.0. The van der Waals surface area contributed by atoms with Gasteiger partial charge in [0.25, 0.3) is 0 Å². The van der Waals surface area contributed by atoms with Gasteiger partial charge in [-0.25, -0.2) is 0 Å². The lowest BCUT2D eigenvalue weighted by atomic mass is 9.88. The van der Waals surface area contributed by atoms with Crippen LogP contribution in [-0.2, 0) is 17.3 Å². The molecule has 2 N–H and O–H groups in total. The van der Waals surface area contributed by atoms with Crippen molar-refractivity contribution in [1.29, 1.82) is 0 Å². The number of aromatic nitrogens is 2. The van der Waals surface area contributed by atoms with Crippen LogP contribution in [0.5, 0.6) is 0 Å². The number of hydrogen-bond donors (Lipinski definition) is 2. The van der Waals surface area contributed by atoms with Crippen molar-refractivity contribution in [2.75, 3.05) is 19.6 Å². The van der Waals surface area contributed by atoms with Gasteiger partial charge in [-0.2, -0.15) is 5.10 Å². The molecule has 2 atom stereocenters. The molecule has 132 valence electrons. The van der Waals surface area contributed by atoms with Crippen molar-refractivity contribution in [3.8, 4) is 0 Å². The average molecular weight is 369 g/mol. The van der Waals surface area contributed by atoms with Gasteiger partial charge in [0.15, 0.2) is 0 Å². The molecule has 0 aliphatic carbocycles. The predicted molar refractivity (Wildman–Crippen MR) is 99.9 cm³/mol. The molecule has 0 radical (unpaired) electrons. The molecule has 0 unspecified atom stereocenters. The zero-order valence-corrected chi connectivity index (χ0v) is 15.9. The fourth-order valence-electron chi connectivity index (χ4n) is 3.13. The number of aryl methyl sites for hydroxylation is 1. The van der Waals surface area contributed by atoms with Crippen molar-refractivity contribution in [2.45, 2.75) is 25.2 Å². The Kier molecular flexibility index (Phi) is 6.06. The molecule has 0 bridgehead atoms. The number of thiophene rings is 1. The molecule has 7 heteroatoms. The number of nitrogens with one attached hydrogen (secondary N) is 2. The molecule has 1 saturated heterocycles. The predicted octanol–water partition coefficient (Wildman–Crippen LogP) is 2.30. The highest BCUT2D eigenvalue weighted by Gasteiger charge is 2.35. The van der Waals surface area contributed by atoms with E-state index in [1.807, 2.05) is 19.4 Å². The quantitative estimate of drug-likeness (QED) is 0.851. The number of carbonyl (C=O) groups excluding carboxylic acids is 1. The Hall–Kier alpha value is -1.37. The van der Waals surface area contributed by atoms with Crippen molar-refractivity contribution < 1.29 is 4.79 Å². The second kappa shape index (κ2) is 7.68. The minimum Gasteiger partial charge on any atom is -0.355 e. The molecular weight excluding hydrogens is 344 g/mol. The van der Waals surface area contributed by atoms with Crippen LogP contribution >= 0.6 is 23.7 Å². The number of amides is 1. The number of nitrogens with zero attached hydrogens (tertiary/aromatic N) is 2. The van der Waals surface area contributed by atoms with Gasteiger partial charge in [-0.1, -0.05) is 19.9 Å². The molecule has 2 aromatic rings. The summed E-state index contributed by atoms with van der Waals surface area (Å²) in [5.74, 6) is 0.306. The van der Waals surface area contributed by atoms with E-state index in [2.05, 4.69) is 47.1 Å². The van der Waals surface area contributed by atoms with Crippen molar-refractivity contribution in [1.82, 2.24) is 20.4 Å². The molecule has 0 saturated carbocycles. The summed E-state index contributed by atoms with van der Waals surface area (Å²) in [6, 6.07) is 4.19. The minimum atomic E-state index is -0.0420. The fourth-order valence-corrected chi connectivity index (χ4v) is 3.98. The van der Waals surface area contributed by atoms with Gasteiger partial charge in [0.05, 0.1) is 12.1 Å². The van der Waals surface area contributed by atoms with Crippen molar-refractivity contribution in [3.63, 3.8) is 0 Å². The molecule has 1 aliphatic rings. The normalized spacial score (nSPS) is 20.6. The van der Waals surface area contributed by atoms with Crippen LogP contribution in [0, 0.1) is 5.92 Å². The summed E-state index contributed by atoms with van der Waals surface area (Å²) in [6.45, 7) is 6.56. The van der Waals surface area contributed by atoms with E-state index < -0.39 is 0 Å². The Morgan fingerprint density at radius 1 is 1.50 bits per heavy atom. The summed E-state index contributed by atoms with van der Waals surface area (Å²) in [5, 5.41) is 12.8. The smallest absolute Gasteiger partial charge is 0.225 e. The first-order valence-corrected chi connectivity index (χ1v) is 8.86. The van der Waals surface area contributed by atoms with Crippen LogP contribution in [0.15, 0.2) is 29.9 Å². The van der Waals surface area contributed by atoms with Gasteiger partial charge in [-0.3, -0.25) is 9.48 Å². The number of carbonyl (C=O) groups is 1. The Balaban J connectivity index is 0.00000208. The third-order valence-electron chi connectivity index (χ3n) is 4.60. The van der Waals surface area contributed by atoms with Gasteiger partial charge in [-0.05, 0) is 17.0 Å². The third kappa shape index (κ3) is 3.99. The maximum absolute atomic E-state index is 12.7. The van der Waals surface area contributed by atoms with Crippen LogP contribution < -0.4 is 10.6 Å². The molecule has 0 aromatic carbocycles. The standard InChI is InChI=1S/C17H24N4OS.ClH/c1-17(2,15-5-4-6-23-15)11-19-16(22)14-9-18-8-13(14)12-7-20-21(3)10-12;/h4-7,10,13-14,18H,8-9,11H2,1-3H3,(H,19,22);1H/t13-,14+;/m1./s1. The maximum atomic E-state index is 12.7. The first kappa shape index (κ1) is 19.0. The van der Waals surface area contributed by atoms with Gasteiger partial charge >= 0.3 is 0 Å². The van der Waals surface area contributed by atoms with Gasteiger partial charge in [-0.15, -0.1) is 23.7 Å². The lowest BCUT2D eigenvalue weighted by Crippen LogP contribution is -2.41. The van der Waals surface area contributed by atoms with E-state index >= 15 is 0 Å². The molecular formula is C17H25ClN4OS. The zero-order valence-electron chi connectivity index (χ0n) is 14.3. The average Bonchev–Trinajstić information content (AvgIpc) is 3.24. The van der Waals surface area contributed by atoms with Crippen LogP contribution in [0.3, 0.4) is 0 Å². The summed E-state index contributed by atoms with van der Waals surface area (Å²) in [6.07, 6.45) is 3.88. The lowest BCUT2D eigenvalue weighted by molar-refractivity contribution is -0.125. The molecule has 5 nitrogen and oxygen atoms in total. The third-order valence-corrected chi connectivity index (χ3v) is 5.83. The van der Waals surface area contributed by atoms with Crippen molar-refractivity contribution >= 4 is 29.7 Å². The Bertz CT molecular complexity index is 668. The van der Waals surface area contributed by atoms with Gasteiger partial charge < -0.3 is 10.6 Å². The monoisotopic (exact) mass is 368 g/mol. The summed E-state index contributed by atoms with van der Waals surface area (Å²) < 4.78 is 1.79. The van der Waals surface area contributed by atoms with Crippen LogP contribution in [0.4, 0.5) is 0 Å². The SMILES string of the molecule is Cl.Cn1cc([C@H]2CNC[C@@H]2C(=O)NCC(C)(C)c2cccs2)cn1. The number of hydrogen-bond acceptors (Lipinski definition) is 4. The molecule has 3 heterocycles. The van der Waals surface area contributed by atoms with E-state index in [0.29, 0.717) is 6.54 Å². The van der Waals surface area contributed by atoms with Crippen molar-refractivity contribution in [3.05, 3.63) is 40.3 Å². The van der Waals surface area contributed by atoms with E-state index in [0.717, 1.165) is 18.7 Å². The largest absolute Gasteiger partial charge is 0.355 e. The van der Waals surface area contributed by atoms with Gasteiger partial charge in [0, 0.05) is 49.1 Å². The van der Waals surface area contributed by atoms with E-state index in [-0.39, 0.29) is 35.6 Å². The zero-order chi connectivity index (χ0) is 16.4. The summed E-state index contributed by atoms with van der Waals surface area (Å²) in [7, 11) is 1.91. The van der Waals surface area contributed by atoms with Crippen LogP contribution in [0.2, 0.25) is 0 Å². The molecule has 24 heavy (non-hydrogen) atoms. The molecule has 3 rings (SSSR count). The van der Waals surface area contributed by atoms with Crippen LogP contribution in [0.1, 0.15) is 30.2 Å². The van der Waals surface area contributed by atoms with E-state index in [1.54, 1.807) is 16.0 Å².